The summed E-state index contributed by atoms with van der Waals surface area (Å²) in [6.07, 6.45) is 1.34. The lowest BCUT2D eigenvalue weighted by Crippen LogP contribution is -2.05. The highest BCUT2D eigenvalue weighted by molar-refractivity contribution is 5.94. The highest BCUT2D eigenvalue weighted by Crippen LogP contribution is 2.28. The zero-order chi connectivity index (χ0) is 14.5. The minimum absolute atomic E-state index is 0.00264. The largest absolute Gasteiger partial charge is 0.478 e. The monoisotopic (exact) mass is 274 g/mol. The second-order valence-corrected chi connectivity index (χ2v) is 4.06. The van der Waals surface area contributed by atoms with Gasteiger partial charge in [-0.05, 0) is 23.8 Å². The zero-order valence-electron chi connectivity index (χ0n) is 10.9. The Morgan fingerprint density at radius 2 is 2.20 bits per heavy atom. The summed E-state index contributed by atoms with van der Waals surface area (Å²) in [4.78, 5) is 14.9. The smallest absolute Gasteiger partial charge is 0.338 e. The van der Waals surface area contributed by atoms with Crippen LogP contribution in [0.4, 0.5) is 5.69 Å². The molecule has 1 aromatic carbocycles. The third kappa shape index (κ3) is 3.04. The van der Waals surface area contributed by atoms with E-state index in [1.54, 1.807) is 25.3 Å². The molecule has 0 fully saturated rings. The van der Waals surface area contributed by atoms with Gasteiger partial charge in [0.15, 0.2) is 0 Å². The van der Waals surface area contributed by atoms with Crippen LogP contribution in [0.2, 0.25) is 0 Å². The molecule has 0 spiro atoms. The molecular weight excluding hydrogens is 260 g/mol. The molecule has 2 rings (SSSR count). The number of aromatic carboxylic acids is 1. The molecule has 0 saturated heterocycles. The van der Waals surface area contributed by atoms with Crippen LogP contribution in [-0.4, -0.2) is 23.2 Å². The van der Waals surface area contributed by atoms with E-state index in [9.17, 15) is 4.79 Å². The van der Waals surface area contributed by atoms with Gasteiger partial charge < -0.3 is 20.3 Å². The number of pyridine rings is 1. The van der Waals surface area contributed by atoms with Crippen LogP contribution in [0, 0.1) is 0 Å². The molecule has 0 aliphatic heterocycles. The highest BCUT2D eigenvalue weighted by atomic mass is 16.5. The third-order valence-electron chi connectivity index (χ3n) is 2.61. The van der Waals surface area contributed by atoms with E-state index in [0.717, 1.165) is 5.56 Å². The summed E-state index contributed by atoms with van der Waals surface area (Å²) in [6.45, 7) is 0.454. The fourth-order valence-corrected chi connectivity index (χ4v) is 1.70. The quantitative estimate of drug-likeness (QED) is 0.868. The van der Waals surface area contributed by atoms with Crippen LogP contribution in [0.15, 0.2) is 36.5 Å². The molecule has 0 saturated carbocycles. The number of rotatable bonds is 5. The van der Waals surface area contributed by atoms with Gasteiger partial charge in [0, 0.05) is 13.3 Å². The van der Waals surface area contributed by atoms with Crippen molar-refractivity contribution < 1.29 is 19.4 Å². The van der Waals surface area contributed by atoms with Crippen LogP contribution in [0.25, 0.3) is 0 Å². The van der Waals surface area contributed by atoms with Crippen LogP contribution in [-0.2, 0) is 11.3 Å². The molecule has 20 heavy (non-hydrogen) atoms. The number of carbonyl (C=O) groups is 1. The van der Waals surface area contributed by atoms with E-state index in [0.29, 0.717) is 12.4 Å². The number of hydrogen-bond donors (Lipinski definition) is 2. The minimum atomic E-state index is -1.12. The van der Waals surface area contributed by atoms with Gasteiger partial charge in [-0.15, -0.1) is 0 Å². The fraction of sp³-hybridized carbons (Fsp3) is 0.143. The number of nitrogens with zero attached hydrogens (tertiary/aromatic N) is 1. The van der Waals surface area contributed by atoms with Crippen molar-refractivity contribution in [2.45, 2.75) is 6.61 Å². The zero-order valence-corrected chi connectivity index (χ0v) is 10.9. The Balaban J connectivity index is 2.28. The van der Waals surface area contributed by atoms with E-state index in [1.807, 2.05) is 6.07 Å². The number of aromatic nitrogens is 1. The summed E-state index contributed by atoms with van der Waals surface area (Å²) in [5, 5.41) is 8.99. The number of benzene rings is 1. The van der Waals surface area contributed by atoms with Gasteiger partial charge in [-0.3, -0.25) is 0 Å². The van der Waals surface area contributed by atoms with Crippen LogP contribution in [0.3, 0.4) is 0 Å². The maximum Gasteiger partial charge on any atom is 0.338 e. The third-order valence-corrected chi connectivity index (χ3v) is 2.61. The van der Waals surface area contributed by atoms with Crippen LogP contribution in [0.1, 0.15) is 15.9 Å². The van der Waals surface area contributed by atoms with Crippen molar-refractivity contribution in [2.75, 3.05) is 12.8 Å². The van der Waals surface area contributed by atoms with E-state index in [2.05, 4.69) is 4.98 Å². The van der Waals surface area contributed by atoms with Crippen molar-refractivity contribution in [3.05, 3.63) is 47.7 Å². The number of ether oxygens (including phenoxy) is 2. The molecule has 1 heterocycles. The van der Waals surface area contributed by atoms with Crippen molar-refractivity contribution >= 4 is 11.7 Å². The normalized spacial score (nSPS) is 10.2. The molecule has 2 aromatic rings. The minimum Gasteiger partial charge on any atom is -0.478 e. The predicted octanol–water partition coefficient (Wildman–Crippen LogP) is 2.30. The van der Waals surface area contributed by atoms with E-state index in [4.69, 9.17) is 20.3 Å². The second kappa shape index (κ2) is 6.03. The highest BCUT2D eigenvalue weighted by Gasteiger charge is 2.14. The van der Waals surface area contributed by atoms with E-state index in [1.165, 1.54) is 12.3 Å². The molecule has 0 aliphatic rings. The molecule has 1 aromatic heterocycles. The first kappa shape index (κ1) is 13.8. The molecule has 6 nitrogen and oxygen atoms in total. The maximum atomic E-state index is 11.0. The lowest BCUT2D eigenvalue weighted by molar-refractivity contribution is 0.0697. The van der Waals surface area contributed by atoms with Gasteiger partial charge >= 0.3 is 5.97 Å². The van der Waals surface area contributed by atoms with Crippen LogP contribution in [0.5, 0.6) is 11.6 Å². The van der Waals surface area contributed by atoms with E-state index in [-0.39, 0.29) is 17.1 Å². The van der Waals surface area contributed by atoms with Gasteiger partial charge in [-0.25, -0.2) is 9.78 Å². The first-order chi connectivity index (χ1) is 9.61. The number of carboxylic acids is 1. The Hall–Kier alpha value is -2.60. The fourth-order valence-electron chi connectivity index (χ4n) is 1.70. The van der Waals surface area contributed by atoms with E-state index < -0.39 is 5.97 Å². The Kier molecular flexibility index (Phi) is 4.17. The number of hydrogen-bond acceptors (Lipinski definition) is 5. The van der Waals surface area contributed by atoms with Crippen molar-refractivity contribution in [1.29, 1.82) is 0 Å². The van der Waals surface area contributed by atoms with Gasteiger partial charge in [-0.1, -0.05) is 12.1 Å². The molecule has 0 unspecified atom stereocenters. The number of nitrogens with two attached hydrogens (primary N) is 1. The van der Waals surface area contributed by atoms with Crippen molar-refractivity contribution in [3.8, 4) is 11.6 Å². The summed E-state index contributed by atoms with van der Waals surface area (Å²) in [6, 6.07) is 8.53. The van der Waals surface area contributed by atoms with Crippen LogP contribution < -0.4 is 10.5 Å². The standard InChI is InChI=1S/C14H14N2O4/c1-19-8-9-3-2-4-10(7-9)20-13-12(15)11(14(17)18)5-6-16-13/h2-7H,8,15H2,1H3,(H,17,18). The Labute approximate surface area is 115 Å². The lowest BCUT2D eigenvalue weighted by atomic mass is 10.2. The number of methoxy groups -OCH3 is 1. The first-order valence-corrected chi connectivity index (χ1v) is 5.85. The number of carboxylic acid groups (broad SMARTS) is 1. The number of nitrogen functional groups attached to an aromatic ring is 1. The average Bonchev–Trinajstić information content (AvgIpc) is 2.42. The summed E-state index contributed by atoms with van der Waals surface area (Å²) in [5.74, 6) is -0.538. The van der Waals surface area contributed by atoms with Crippen molar-refractivity contribution in [2.24, 2.45) is 0 Å². The maximum absolute atomic E-state index is 11.0. The van der Waals surface area contributed by atoms with Gasteiger partial charge in [0.2, 0.25) is 5.88 Å². The van der Waals surface area contributed by atoms with Crippen molar-refractivity contribution in [1.82, 2.24) is 4.98 Å². The molecule has 0 atom stereocenters. The summed E-state index contributed by atoms with van der Waals surface area (Å²) in [7, 11) is 1.60. The van der Waals surface area contributed by atoms with Crippen molar-refractivity contribution in [3.63, 3.8) is 0 Å². The Morgan fingerprint density at radius 3 is 2.90 bits per heavy atom. The summed E-state index contributed by atoms with van der Waals surface area (Å²) >= 11 is 0. The second-order valence-electron chi connectivity index (χ2n) is 4.06. The summed E-state index contributed by atoms with van der Waals surface area (Å²) < 4.78 is 10.6. The molecular formula is C14H14N2O4. The molecule has 0 amide bonds. The summed E-state index contributed by atoms with van der Waals surface area (Å²) in [5.41, 5.74) is 6.62. The Morgan fingerprint density at radius 1 is 1.40 bits per heavy atom. The molecule has 0 radical (unpaired) electrons. The van der Waals surface area contributed by atoms with Gasteiger partial charge in [0.25, 0.3) is 0 Å². The van der Waals surface area contributed by atoms with Gasteiger partial charge in [0.05, 0.1) is 12.2 Å². The Bertz CT molecular complexity index is 628. The molecule has 0 aliphatic carbocycles. The first-order valence-electron chi connectivity index (χ1n) is 5.85. The topological polar surface area (TPSA) is 94.7 Å². The average molecular weight is 274 g/mol. The molecule has 3 N–H and O–H groups in total. The molecule has 104 valence electrons. The predicted molar refractivity (Wildman–Crippen MR) is 72.8 cm³/mol. The van der Waals surface area contributed by atoms with Crippen LogP contribution >= 0.6 is 0 Å². The lowest BCUT2D eigenvalue weighted by Gasteiger charge is -2.09. The van der Waals surface area contributed by atoms with Gasteiger partial charge in [0.1, 0.15) is 11.4 Å². The molecule has 0 bridgehead atoms. The van der Waals surface area contributed by atoms with Gasteiger partial charge in [-0.2, -0.15) is 0 Å². The number of anilines is 1. The van der Waals surface area contributed by atoms with E-state index >= 15 is 0 Å². The SMILES string of the molecule is COCc1cccc(Oc2nccc(C(=O)O)c2N)c1. The molecule has 6 heteroatoms.